The van der Waals surface area contributed by atoms with E-state index in [-0.39, 0.29) is 5.82 Å². The summed E-state index contributed by atoms with van der Waals surface area (Å²) < 4.78 is 24.2. The molecule has 2 N–H and O–H groups in total. The first-order chi connectivity index (χ1) is 9.29. The lowest BCUT2D eigenvalue weighted by molar-refractivity contribution is 0.0766. The van der Waals surface area contributed by atoms with Gasteiger partial charge in [0.15, 0.2) is 11.6 Å². The highest BCUT2D eigenvalue weighted by Crippen LogP contribution is 2.18. The molecule has 1 saturated heterocycles. The highest BCUT2D eigenvalue weighted by atomic mass is 19.1. The van der Waals surface area contributed by atoms with Gasteiger partial charge in [-0.3, -0.25) is 0 Å². The summed E-state index contributed by atoms with van der Waals surface area (Å²) in [6.45, 7) is 6.17. The molecule has 1 aromatic carbocycles. The van der Waals surface area contributed by atoms with E-state index in [0.717, 1.165) is 31.9 Å². The molecule has 0 bridgehead atoms. The minimum absolute atomic E-state index is 0.305. The second-order valence-electron chi connectivity index (χ2n) is 4.55. The summed E-state index contributed by atoms with van der Waals surface area (Å²) in [5.74, 6) is 0.00821. The fourth-order valence-electron chi connectivity index (χ4n) is 2.07. The van der Waals surface area contributed by atoms with E-state index in [0.29, 0.717) is 24.9 Å². The van der Waals surface area contributed by atoms with Crippen molar-refractivity contribution in [3.8, 4) is 5.75 Å². The molecule has 4 nitrogen and oxygen atoms in total. The molecule has 0 radical (unpaired) electrons. The number of morpholine rings is 1. The van der Waals surface area contributed by atoms with Gasteiger partial charge in [-0.25, -0.2) is 4.39 Å². The van der Waals surface area contributed by atoms with Gasteiger partial charge < -0.3 is 20.1 Å². The number of nitrogens with one attached hydrogen (secondary N) is 2. The third-order valence-corrected chi connectivity index (χ3v) is 3.01. The number of hydrogen-bond acceptors (Lipinski definition) is 4. The van der Waals surface area contributed by atoms with Crippen LogP contribution in [0.3, 0.4) is 0 Å². The number of rotatable bonds is 6. The maximum Gasteiger partial charge on any atom is 0.165 e. The van der Waals surface area contributed by atoms with Crippen LogP contribution in [0.15, 0.2) is 18.2 Å². The molecule has 0 aliphatic carbocycles. The van der Waals surface area contributed by atoms with Gasteiger partial charge >= 0.3 is 0 Å². The smallest absolute Gasteiger partial charge is 0.165 e. The third-order valence-electron chi connectivity index (χ3n) is 3.01. The minimum Gasteiger partial charge on any atom is -0.491 e. The molecule has 0 aromatic heterocycles. The van der Waals surface area contributed by atoms with Gasteiger partial charge in [-0.15, -0.1) is 0 Å². The standard InChI is InChI=1S/C14H21FN2O2/c1-2-19-14-4-3-11(7-13(14)15)8-16-9-12-10-18-6-5-17-12/h3-4,7,12,16-17H,2,5-6,8-10H2,1H3. The zero-order valence-electron chi connectivity index (χ0n) is 11.2. The lowest BCUT2D eigenvalue weighted by Gasteiger charge is -2.24. The first kappa shape index (κ1) is 14.2. The molecule has 0 saturated carbocycles. The second-order valence-corrected chi connectivity index (χ2v) is 4.55. The van der Waals surface area contributed by atoms with Crippen molar-refractivity contribution in [1.82, 2.24) is 10.6 Å². The van der Waals surface area contributed by atoms with Crippen molar-refractivity contribution in [3.05, 3.63) is 29.6 Å². The topological polar surface area (TPSA) is 42.5 Å². The van der Waals surface area contributed by atoms with Gasteiger partial charge in [-0.2, -0.15) is 0 Å². The predicted molar refractivity (Wildman–Crippen MR) is 71.9 cm³/mol. The van der Waals surface area contributed by atoms with Gasteiger partial charge in [-0.1, -0.05) is 6.07 Å². The van der Waals surface area contributed by atoms with E-state index in [2.05, 4.69) is 10.6 Å². The molecule has 0 spiro atoms. The molecule has 1 fully saturated rings. The van der Waals surface area contributed by atoms with Crippen LogP contribution in [0.1, 0.15) is 12.5 Å². The number of ether oxygens (including phenoxy) is 2. The lowest BCUT2D eigenvalue weighted by atomic mass is 10.2. The highest BCUT2D eigenvalue weighted by molar-refractivity contribution is 5.29. The molecule has 1 atom stereocenters. The Labute approximate surface area is 113 Å². The molecule has 1 aliphatic rings. The summed E-state index contributed by atoms with van der Waals surface area (Å²) in [7, 11) is 0. The Morgan fingerprint density at radius 2 is 2.42 bits per heavy atom. The van der Waals surface area contributed by atoms with Crippen molar-refractivity contribution in [2.75, 3.05) is 32.9 Å². The van der Waals surface area contributed by atoms with Crippen molar-refractivity contribution in [3.63, 3.8) is 0 Å². The molecule has 19 heavy (non-hydrogen) atoms. The van der Waals surface area contributed by atoms with Crippen molar-refractivity contribution in [2.24, 2.45) is 0 Å². The molecule has 1 heterocycles. The van der Waals surface area contributed by atoms with Crippen molar-refractivity contribution < 1.29 is 13.9 Å². The van der Waals surface area contributed by atoms with Gasteiger partial charge in [0, 0.05) is 25.7 Å². The number of halogens is 1. The van der Waals surface area contributed by atoms with E-state index in [1.54, 1.807) is 6.07 Å². The zero-order chi connectivity index (χ0) is 13.5. The van der Waals surface area contributed by atoms with Gasteiger partial charge in [0.2, 0.25) is 0 Å². The number of benzene rings is 1. The Hall–Kier alpha value is -1.17. The third kappa shape index (κ3) is 4.45. The van der Waals surface area contributed by atoms with Crippen LogP contribution >= 0.6 is 0 Å². The average molecular weight is 268 g/mol. The Bertz CT molecular complexity index is 395. The molecular formula is C14H21FN2O2. The van der Waals surface area contributed by atoms with Gasteiger partial charge in [0.1, 0.15) is 0 Å². The van der Waals surface area contributed by atoms with Crippen LogP contribution in [0.4, 0.5) is 4.39 Å². The molecule has 106 valence electrons. The van der Waals surface area contributed by atoms with E-state index in [1.165, 1.54) is 6.07 Å². The van der Waals surface area contributed by atoms with Crippen LogP contribution in [0.5, 0.6) is 5.75 Å². The summed E-state index contributed by atoms with van der Waals surface area (Å²) in [5, 5.41) is 6.66. The SMILES string of the molecule is CCOc1ccc(CNCC2COCCN2)cc1F. The van der Waals surface area contributed by atoms with Gasteiger partial charge in [0.25, 0.3) is 0 Å². The van der Waals surface area contributed by atoms with Crippen LogP contribution in [-0.4, -0.2) is 39.0 Å². The normalized spacial score (nSPS) is 19.4. The fraction of sp³-hybridized carbons (Fsp3) is 0.571. The van der Waals surface area contributed by atoms with Crippen LogP contribution in [0.2, 0.25) is 0 Å². The predicted octanol–water partition coefficient (Wildman–Crippen LogP) is 1.30. The van der Waals surface area contributed by atoms with Crippen LogP contribution in [-0.2, 0) is 11.3 Å². The van der Waals surface area contributed by atoms with Crippen LogP contribution in [0.25, 0.3) is 0 Å². The van der Waals surface area contributed by atoms with Crippen LogP contribution < -0.4 is 15.4 Å². The molecular weight excluding hydrogens is 247 g/mol. The first-order valence-electron chi connectivity index (χ1n) is 6.72. The number of hydrogen-bond donors (Lipinski definition) is 2. The van der Waals surface area contributed by atoms with Crippen molar-refractivity contribution in [2.45, 2.75) is 19.5 Å². The van der Waals surface area contributed by atoms with E-state index in [9.17, 15) is 4.39 Å². The van der Waals surface area contributed by atoms with E-state index in [1.807, 2.05) is 13.0 Å². The fourth-order valence-corrected chi connectivity index (χ4v) is 2.07. The largest absolute Gasteiger partial charge is 0.491 e. The Kier molecular flexibility index (Phi) is 5.57. The Morgan fingerprint density at radius 3 is 3.11 bits per heavy atom. The summed E-state index contributed by atoms with van der Waals surface area (Å²) in [6, 6.07) is 5.41. The highest BCUT2D eigenvalue weighted by Gasteiger charge is 2.12. The Morgan fingerprint density at radius 1 is 1.53 bits per heavy atom. The van der Waals surface area contributed by atoms with E-state index in [4.69, 9.17) is 9.47 Å². The van der Waals surface area contributed by atoms with Crippen molar-refractivity contribution in [1.29, 1.82) is 0 Å². The molecule has 2 rings (SSSR count). The van der Waals surface area contributed by atoms with Crippen LogP contribution in [0, 0.1) is 5.82 Å². The summed E-state index contributed by atoms with van der Waals surface area (Å²) in [6.07, 6.45) is 0. The van der Waals surface area contributed by atoms with Crippen molar-refractivity contribution >= 4 is 0 Å². The Balaban J connectivity index is 1.77. The molecule has 1 aliphatic heterocycles. The first-order valence-corrected chi connectivity index (χ1v) is 6.72. The minimum atomic E-state index is -0.305. The summed E-state index contributed by atoms with van der Waals surface area (Å²) in [5.41, 5.74) is 0.915. The monoisotopic (exact) mass is 268 g/mol. The summed E-state index contributed by atoms with van der Waals surface area (Å²) in [4.78, 5) is 0. The summed E-state index contributed by atoms with van der Waals surface area (Å²) >= 11 is 0. The van der Waals surface area contributed by atoms with Gasteiger partial charge in [-0.05, 0) is 24.6 Å². The zero-order valence-corrected chi connectivity index (χ0v) is 11.2. The molecule has 1 aromatic rings. The average Bonchev–Trinajstić information content (AvgIpc) is 2.43. The molecule has 1 unspecified atom stereocenters. The molecule has 5 heteroatoms. The van der Waals surface area contributed by atoms with E-state index < -0.39 is 0 Å². The quantitative estimate of drug-likeness (QED) is 0.816. The maximum absolute atomic E-state index is 13.6. The maximum atomic E-state index is 13.6. The lowest BCUT2D eigenvalue weighted by Crippen LogP contribution is -2.47. The second kappa shape index (κ2) is 7.43. The molecule has 0 amide bonds. The van der Waals surface area contributed by atoms with Gasteiger partial charge in [0.05, 0.1) is 19.8 Å². The van der Waals surface area contributed by atoms with E-state index >= 15 is 0 Å².